The minimum Gasteiger partial charge on any atom is -0.0900 e. The van der Waals surface area contributed by atoms with Crippen LogP contribution in [0, 0.1) is 5.92 Å². The average Bonchev–Trinajstić information content (AvgIpc) is 2.76. The molecule has 2 heteroatoms. The minimum atomic E-state index is 0.553. The molecule has 0 radical (unpaired) electrons. The van der Waals surface area contributed by atoms with Gasteiger partial charge >= 0.3 is 0 Å². The van der Waals surface area contributed by atoms with E-state index in [0.29, 0.717) is 5.92 Å². The van der Waals surface area contributed by atoms with Crippen LogP contribution in [-0.4, -0.2) is 0 Å². The lowest BCUT2D eigenvalue weighted by Gasteiger charge is -2.09. The van der Waals surface area contributed by atoms with E-state index in [0.717, 1.165) is 22.9 Å². The van der Waals surface area contributed by atoms with E-state index in [1.807, 2.05) is 13.8 Å². The average molecular weight is 442 g/mol. The van der Waals surface area contributed by atoms with E-state index < -0.39 is 0 Å². The van der Waals surface area contributed by atoms with E-state index in [1.165, 1.54) is 22.0 Å². The third-order valence-corrected chi connectivity index (χ3v) is 4.79. The summed E-state index contributed by atoms with van der Waals surface area (Å²) in [7, 11) is 0. The number of hydrogen-bond acceptors (Lipinski definition) is 0. The third-order valence-electron chi connectivity index (χ3n) is 3.26. The summed E-state index contributed by atoms with van der Waals surface area (Å²) in [5.74, 6) is 0.553. The van der Waals surface area contributed by atoms with Crippen molar-refractivity contribution in [2.75, 3.05) is 0 Å². The molecule has 1 aliphatic carbocycles. The van der Waals surface area contributed by atoms with E-state index >= 15 is 0 Å². The molecule has 0 atom stereocenters. The normalized spacial score (nSPS) is 16.5. The summed E-state index contributed by atoms with van der Waals surface area (Å²) >= 11 is 7.38. The molecular formula is C21H30Br2. The lowest BCUT2D eigenvalue weighted by atomic mass is 10.0. The van der Waals surface area contributed by atoms with Gasteiger partial charge in [-0.2, -0.15) is 0 Å². The maximum Gasteiger partial charge on any atom is 0.0253 e. The Kier molecular flexibility index (Phi) is 12.4. The van der Waals surface area contributed by atoms with E-state index in [4.69, 9.17) is 0 Å². The highest BCUT2D eigenvalue weighted by Crippen LogP contribution is 2.33. The molecular weight excluding hydrogens is 412 g/mol. The Balaban J connectivity index is 0.00000232. The van der Waals surface area contributed by atoms with Crippen LogP contribution in [0.25, 0.3) is 0 Å². The maximum atomic E-state index is 4.25. The van der Waals surface area contributed by atoms with Crippen molar-refractivity contribution >= 4 is 31.9 Å². The molecule has 0 N–H and O–H groups in total. The first-order valence-corrected chi connectivity index (χ1v) is 10.0. The maximum absolute atomic E-state index is 4.25. The van der Waals surface area contributed by atoms with Crippen LogP contribution in [0.3, 0.4) is 0 Å². The van der Waals surface area contributed by atoms with Gasteiger partial charge in [-0.15, -0.1) is 0 Å². The molecule has 1 rings (SSSR count). The van der Waals surface area contributed by atoms with Crippen LogP contribution in [0.15, 0.2) is 68.7 Å². The van der Waals surface area contributed by atoms with E-state index in [9.17, 15) is 0 Å². The molecule has 0 unspecified atom stereocenters. The molecule has 0 aromatic heterocycles. The van der Waals surface area contributed by atoms with Gasteiger partial charge in [0, 0.05) is 8.96 Å². The van der Waals surface area contributed by atoms with E-state index in [2.05, 4.69) is 95.7 Å². The molecule has 0 amide bonds. The van der Waals surface area contributed by atoms with Crippen LogP contribution < -0.4 is 0 Å². The summed E-state index contributed by atoms with van der Waals surface area (Å²) in [5, 5.41) is 0. The number of hydrogen-bond donors (Lipinski definition) is 0. The van der Waals surface area contributed by atoms with Gasteiger partial charge in [0.15, 0.2) is 0 Å². The van der Waals surface area contributed by atoms with Gasteiger partial charge in [0.1, 0.15) is 0 Å². The topological polar surface area (TPSA) is 0 Å². The minimum absolute atomic E-state index is 0.553. The van der Waals surface area contributed by atoms with Crippen molar-refractivity contribution in [3.63, 3.8) is 0 Å². The van der Waals surface area contributed by atoms with Crippen molar-refractivity contribution in [3.8, 4) is 0 Å². The highest BCUT2D eigenvalue weighted by atomic mass is 79.9. The van der Waals surface area contributed by atoms with Crippen LogP contribution in [0.2, 0.25) is 0 Å². The Morgan fingerprint density at radius 1 is 1.30 bits per heavy atom. The zero-order valence-corrected chi connectivity index (χ0v) is 18.3. The number of rotatable bonds is 5. The van der Waals surface area contributed by atoms with Gasteiger partial charge in [-0.3, -0.25) is 0 Å². The lowest BCUT2D eigenvalue weighted by molar-refractivity contribution is 0.831. The summed E-state index contributed by atoms with van der Waals surface area (Å²) in [6.45, 7) is 14.7. The molecule has 0 saturated heterocycles. The van der Waals surface area contributed by atoms with Gasteiger partial charge in [0.25, 0.3) is 0 Å². The predicted molar refractivity (Wildman–Crippen MR) is 114 cm³/mol. The predicted octanol–water partition coefficient (Wildman–Crippen LogP) is 8.40. The number of allylic oxidation sites excluding steroid dienone is 11. The van der Waals surface area contributed by atoms with Crippen molar-refractivity contribution in [1.29, 1.82) is 0 Å². The molecule has 0 bridgehead atoms. The van der Waals surface area contributed by atoms with Crippen LogP contribution in [-0.2, 0) is 0 Å². The molecule has 0 saturated carbocycles. The summed E-state index contributed by atoms with van der Waals surface area (Å²) in [6, 6.07) is 0. The van der Waals surface area contributed by atoms with Crippen LogP contribution in [0.5, 0.6) is 0 Å². The third kappa shape index (κ3) is 8.72. The Morgan fingerprint density at radius 3 is 2.52 bits per heavy atom. The van der Waals surface area contributed by atoms with Gasteiger partial charge in [0.05, 0.1) is 0 Å². The summed E-state index contributed by atoms with van der Waals surface area (Å²) in [4.78, 5) is 0. The van der Waals surface area contributed by atoms with Crippen LogP contribution in [0.4, 0.5) is 0 Å². The van der Waals surface area contributed by atoms with Crippen molar-refractivity contribution in [3.05, 3.63) is 68.7 Å². The molecule has 1 aliphatic rings. The van der Waals surface area contributed by atoms with Crippen molar-refractivity contribution < 1.29 is 0 Å². The molecule has 0 heterocycles. The zero-order chi connectivity index (χ0) is 17.8. The molecule has 23 heavy (non-hydrogen) atoms. The quantitative estimate of drug-likeness (QED) is 0.375. The SMILES string of the molecule is C=C(C1=C(Br)CCCC=C1)\C(Br)=C/C(/C=C\C(C)C)=C/C.CC. The zero-order valence-electron chi connectivity index (χ0n) is 15.1. The molecule has 0 aromatic rings. The Morgan fingerprint density at radius 2 is 1.96 bits per heavy atom. The van der Waals surface area contributed by atoms with Gasteiger partial charge in [-0.1, -0.05) is 96.5 Å². The van der Waals surface area contributed by atoms with Gasteiger partial charge in [-0.05, 0) is 54.9 Å². The Bertz CT molecular complexity index is 526. The first kappa shape index (κ1) is 22.4. The fourth-order valence-electron chi connectivity index (χ4n) is 1.96. The molecule has 0 spiro atoms. The summed E-state index contributed by atoms with van der Waals surface area (Å²) in [5.41, 5.74) is 3.40. The summed E-state index contributed by atoms with van der Waals surface area (Å²) < 4.78 is 2.27. The first-order valence-electron chi connectivity index (χ1n) is 8.42. The smallest absolute Gasteiger partial charge is 0.0253 e. The van der Waals surface area contributed by atoms with Crippen LogP contribution >= 0.6 is 31.9 Å². The second kappa shape index (κ2) is 12.8. The Hall–Kier alpha value is -0.600. The van der Waals surface area contributed by atoms with Gasteiger partial charge < -0.3 is 0 Å². The van der Waals surface area contributed by atoms with Gasteiger partial charge in [0.2, 0.25) is 0 Å². The Labute approximate surface area is 160 Å². The second-order valence-corrected chi connectivity index (χ2v) is 7.29. The van der Waals surface area contributed by atoms with Crippen LogP contribution in [0.1, 0.15) is 53.9 Å². The fourth-order valence-corrected chi connectivity index (χ4v) is 3.09. The van der Waals surface area contributed by atoms with E-state index in [-0.39, 0.29) is 0 Å². The lowest BCUT2D eigenvalue weighted by Crippen LogP contribution is -1.89. The fraction of sp³-hybridized carbons (Fsp3) is 0.429. The standard InChI is InChI=1S/C19H24Br2.C2H6/c1-5-16(12-11-14(2)3)13-19(21)15(4)17-9-7-6-8-10-18(17)20;1-2/h5,7,9,11-14H,4,6,8,10H2,1-3H3;1-2H3/b12-11-,16-5+,19-13+;. The highest BCUT2D eigenvalue weighted by Gasteiger charge is 2.10. The monoisotopic (exact) mass is 440 g/mol. The largest absolute Gasteiger partial charge is 0.0900 e. The first-order chi connectivity index (χ1) is 11.0. The summed E-state index contributed by atoms with van der Waals surface area (Å²) in [6.07, 6.45) is 16.4. The molecule has 0 aliphatic heterocycles. The van der Waals surface area contributed by atoms with Gasteiger partial charge in [-0.25, -0.2) is 0 Å². The molecule has 0 nitrogen and oxygen atoms in total. The molecule has 0 fully saturated rings. The van der Waals surface area contributed by atoms with Crippen molar-refractivity contribution in [1.82, 2.24) is 0 Å². The second-order valence-electron chi connectivity index (χ2n) is 5.48. The van der Waals surface area contributed by atoms with Crippen molar-refractivity contribution in [2.24, 2.45) is 5.92 Å². The van der Waals surface area contributed by atoms with Crippen molar-refractivity contribution in [2.45, 2.75) is 53.9 Å². The molecule has 0 aromatic carbocycles. The van der Waals surface area contributed by atoms with E-state index in [1.54, 1.807) is 0 Å². The number of halogens is 2. The highest BCUT2D eigenvalue weighted by molar-refractivity contribution is 9.12. The molecule has 128 valence electrons.